The highest BCUT2D eigenvalue weighted by atomic mass is 16.5. The van der Waals surface area contributed by atoms with Gasteiger partial charge in [-0.05, 0) is 56.7 Å². The highest BCUT2D eigenvalue weighted by molar-refractivity contribution is 6.07. The minimum Gasteiger partial charge on any atom is -0.491 e. The largest absolute Gasteiger partial charge is 0.491 e. The summed E-state index contributed by atoms with van der Waals surface area (Å²) in [5.74, 6) is -0.368. The molecule has 1 heterocycles. The van der Waals surface area contributed by atoms with E-state index >= 15 is 0 Å². The number of amides is 3. The van der Waals surface area contributed by atoms with Gasteiger partial charge in [0.15, 0.2) is 0 Å². The molecule has 3 amide bonds. The fourth-order valence-corrected chi connectivity index (χ4v) is 3.47. The molecular weight excluding hydrogens is 394 g/mol. The van der Waals surface area contributed by atoms with Crippen molar-refractivity contribution >= 4 is 29.1 Å². The number of nitrogens with zero attached hydrogens (tertiary/aromatic N) is 1. The quantitative estimate of drug-likeness (QED) is 0.679. The fourth-order valence-electron chi connectivity index (χ4n) is 3.47. The molecule has 0 aliphatic carbocycles. The number of rotatable bonds is 8. The van der Waals surface area contributed by atoms with Crippen LogP contribution in [0.5, 0.6) is 5.75 Å². The topological polar surface area (TPSA) is 87.7 Å². The molecule has 1 atom stereocenters. The van der Waals surface area contributed by atoms with E-state index in [0.717, 1.165) is 17.9 Å². The average molecular weight is 424 g/mol. The van der Waals surface area contributed by atoms with Gasteiger partial charge in [-0.3, -0.25) is 14.4 Å². The van der Waals surface area contributed by atoms with Crippen LogP contribution in [0, 0.1) is 5.92 Å². The van der Waals surface area contributed by atoms with Gasteiger partial charge in [0.1, 0.15) is 5.75 Å². The minimum atomic E-state index is -0.495. The Bertz CT molecular complexity index is 940. The Morgan fingerprint density at radius 1 is 1.13 bits per heavy atom. The summed E-state index contributed by atoms with van der Waals surface area (Å²) in [7, 11) is 0. The van der Waals surface area contributed by atoms with Gasteiger partial charge in [0.05, 0.1) is 23.3 Å². The number of anilines is 2. The molecule has 2 N–H and O–H groups in total. The standard InChI is InChI=1S/C24H29N3O4/c1-4-13-25-24(30)20-7-5-6-8-21(20)26-23(29)17-14-22(28)27(15-17)18-9-11-19(12-10-18)31-16(2)3/h5-12,16-17H,4,13-15H2,1-3H3,(H,25,30)(H,26,29)/t17-/m0/s1. The number of benzene rings is 2. The summed E-state index contributed by atoms with van der Waals surface area (Å²) in [5, 5.41) is 5.66. The van der Waals surface area contributed by atoms with Gasteiger partial charge in [-0.2, -0.15) is 0 Å². The van der Waals surface area contributed by atoms with Crippen molar-refractivity contribution in [2.75, 3.05) is 23.3 Å². The van der Waals surface area contributed by atoms with Crippen molar-refractivity contribution in [1.29, 1.82) is 0 Å². The van der Waals surface area contributed by atoms with Gasteiger partial charge in [0.25, 0.3) is 5.91 Å². The number of hydrogen-bond acceptors (Lipinski definition) is 4. The van der Waals surface area contributed by atoms with E-state index in [4.69, 9.17) is 4.74 Å². The Morgan fingerprint density at radius 3 is 2.52 bits per heavy atom. The number of carbonyl (C=O) groups is 3. The van der Waals surface area contributed by atoms with Gasteiger partial charge in [0, 0.05) is 25.2 Å². The van der Waals surface area contributed by atoms with Crippen LogP contribution in [0.15, 0.2) is 48.5 Å². The van der Waals surface area contributed by atoms with E-state index in [1.807, 2.05) is 45.0 Å². The Labute approximate surface area is 182 Å². The molecule has 1 saturated heterocycles. The minimum absolute atomic E-state index is 0.0688. The molecular formula is C24H29N3O4. The van der Waals surface area contributed by atoms with Crippen molar-refractivity contribution in [3.05, 3.63) is 54.1 Å². The molecule has 1 fully saturated rings. The Balaban J connectivity index is 1.67. The molecule has 7 nitrogen and oxygen atoms in total. The summed E-state index contributed by atoms with van der Waals surface area (Å²) in [5.41, 5.74) is 1.59. The maximum atomic E-state index is 12.9. The van der Waals surface area contributed by atoms with Crippen molar-refractivity contribution in [2.24, 2.45) is 5.92 Å². The van der Waals surface area contributed by atoms with E-state index in [1.54, 1.807) is 29.2 Å². The van der Waals surface area contributed by atoms with Crippen LogP contribution < -0.4 is 20.3 Å². The number of ether oxygens (including phenoxy) is 1. The first-order chi connectivity index (χ1) is 14.9. The molecule has 7 heteroatoms. The van der Waals surface area contributed by atoms with Crippen molar-refractivity contribution < 1.29 is 19.1 Å². The summed E-state index contributed by atoms with van der Waals surface area (Å²) in [4.78, 5) is 39.4. The molecule has 31 heavy (non-hydrogen) atoms. The zero-order valence-electron chi connectivity index (χ0n) is 18.2. The van der Waals surface area contributed by atoms with E-state index in [1.165, 1.54) is 0 Å². The van der Waals surface area contributed by atoms with E-state index in [9.17, 15) is 14.4 Å². The van der Waals surface area contributed by atoms with Gasteiger partial charge in [-0.1, -0.05) is 19.1 Å². The summed E-state index contributed by atoms with van der Waals surface area (Å²) in [6.45, 7) is 6.73. The average Bonchev–Trinajstić information content (AvgIpc) is 3.14. The lowest BCUT2D eigenvalue weighted by Gasteiger charge is -2.18. The summed E-state index contributed by atoms with van der Waals surface area (Å²) >= 11 is 0. The number of carbonyl (C=O) groups excluding carboxylic acids is 3. The van der Waals surface area contributed by atoms with Gasteiger partial charge in [0.2, 0.25) is 11.8 Å². The van der Waals surface area contributed by atoms with Crippen molar-refractivity contribution in [3.63, 3.8) is 0 Å². The molecule has 0 spiro atoms. The molecule has 0 saturated carbocycles. The van der Waals surface area contributed by atoms with E-state index < -0.39 is 5.92 Å². The molecule has 1 aliphatic rings. The Hall–Kier alpha value is -3.35. The highest BCUT2D eigenvalue weighted by Gasteiger charge is 2.35. The van der Waals surface area contributed by atoms with Crippen LogP contribution in [0.4, 0.5) is 11.4 Å². The lowest BCUT2D eigenvalue weighted by atomic mass is 10.1. The summed E-state index contributed by atoms with van der Waals surface area (Å²) < 4.78 is 5.64. The van der Waals surface area contributed by atoms with Crippen LogP contribution in [0.1, 0.15) is 44.0 Å². The lowest BCUT2D eigenvalue weighted by molar-refractivity contribution is -0.122. The zero-order chi connectivity index (χ0) is 22.4. The fraction of sp³-hybridized carbons (Fsp3) is 0.375. The lowest BCUT2D eigenvalue weighted by Crippen LogP contribution is -2.29. The summed E-state index contributed by atoms with van der Waals surface area (Å²) in [6.07, 6.45) is 1.02. The monoisotopic (exact) mass is 423 g/mol. The molecule has 2 aromatic carbocycles. The van der Waals surface area contributed by atoms with Gasteiger partial charge < -0.3 is 20.3 Å². The Kier molecular flexibility index (Phi) is 7.28. The first kappa shape index (κ1) is 22.3. The maximum absolute atomic E-state index is 12.9. The first-order valence-electron chi connectivity index (χ1n) is 10.6. The van der Waals surface area contributed by atoms with Crippen LogP contribution in [-0.4, -0.2) is 36.9 Å². The van der Waals surface area contributed by atoms with Gasteiger partial charge >= 0.3 is 0 Å². The van der Waals surface area contributed by atoms with Crippen LogP contribution in [0.2, 0.25) is 0 Å². The predicted octanol–water partition coefficient (Wildman–Crippen LogP) is 3.61. The molecule has 0 aromatic heterocycles. The van der Waals surface area contributed by atoms with E-state index in [2.05, 4.69) is 10.6 Å². The van der Waals surface area contributed by atoms with Crippen LogP contribution in [0.3, 0.4) is 0 Å². The number of hydrogen-bond donors (Lipinski definition) is 2. The second-order valence-electron chi connectivity index (χ2n) is 7.86. The molecule has 3 rings (SSSR count). The SMILES string of the molecule is CCCNC(=O)c1ccccc1NC(=O)[C@H]1CC(=O)N(c2ccc(OC(C)C)cc2)C1. The molecule has 0 bridgehead atoms. The number of para-hydroxylation sites is 1. The van der Waals surface area contributed by atoms with E-state index in [0.29, 0.717) is 24.3 Å². The second kappa shape index (κ2) is 10.1. The Morgan fingerprint density at radius 2 is 1.84 bits per heavy atom. The third kappa shape index (κ3) is 5.63. The van der Waals surface area contributed by atoms with Crippen LogP contribution >= 0.6 is 0 Å². The first-order valence-corrected chi connectivity index (χ1v) is 10.6. The maximum Gasteiger partial charge on any atom is 0.253 e. The van der Waals surface area contributed by atoms with Crippen molar-refractivity contribution in [1.82, 2.24) is 5.32 Å². The zero-order valence-corrected chi connectivity index (χ0v) is 18.2. The van der Waals surface area contributed by atoms with Crippen molar-refractivity contribution in [2.45, 2.75) is 39.7 Å². The number of nitrogens with one attached hydrogen (secondary N) is 2. The van der Waals surface area contributed by atoms with Crippen LogP contribution in [0.25, 0.3) is 0 Å². The normalized spacial score (nSPS) is 15.8. The second-order valence-corrected chi connectivity index (χ2v) is 7.86. The molecule has 0 radical (unpaired) electrons. The molecule has 1 aliphatic heterocycles. The summed E-state index contributed by atoms with van der Waals surface area (Å²) in [6, 6.07) is 14.2. The predicted molar refractivity (Wildman–Crippen MR) is 120 cm³/mol. The molecule has 164 valence electrons. The van der Waals surface area contributed by atoms with Gasteiger partial charge in [-0.25, -0.2) is 0 Å². The third-order valence-electron chi connectivity index (χ3n) is 4.98. The van der Waals surface area contributed by atoms with Crippen molar-refractivity contribution in [3.8, 4) is 5.75 Å². The highest BCUT2D eigenvalue weighted by Crippen LogP contribution is 2.28. The van der Waals surface area contributed by atoms with Crippen LogP contribution in [-0.2, 0) is 9.59 Å². The molecule has 2 aromatic rings. The molecule has 0 unspecified atom stereocenters. The third-order valence-corrected chi connectivity index (χ3v) is 4.98. The van der Waals surface area contributed by atoms with E-state index in [-0.39, 0.29) is 30.2 Å². The van der Waals surface area contributed by atoms with Gasteiger partial charge in [-0.15, -0.1) is 0 Å². The smallest absolute Gasteiger partial charge is 0.253 e.